The van der Waals surface area contributed by atoms with Gasteiger partial charge in [-0.3, -0.25) is 20.2 Å². The number of hydrogen-bond donors (Lipinski definition) is 6. The van der Waals surface area contributed by atoms with Crippen molar-refractivity contribution in [3.8, 4) is 0 Å². The number of nitro benzene ring substituents is 2. The van der Waals surface area contributed by atoms with Gasteiger partial charge in [0.15, 0.2) is 0 Å². The second-order valence-corrected chi connectivity index (χ2v) is 13.7. The molecule has 0 unspecified atom stereocenters. The van der Waals surface area contributed by atoms with E-state index in [-0.39, 0.29) is 47.1 Å². The van der Waals surface area contributed by atoms with Crippen molar-refractivity contribution < 1.29 is 9.85 Å². The highest BCUT2D eigenvalue weighted by molar-refractivity contribution is 5.84. The molecule has 0 fully saturated rings. The van der Waals surface area contributed by atoms with Crippen LogP contribution in [0.25, 0.3) is 0 Å². The van der Waals surface area contributed by atoms with Crippen LogP contribution in [0.2, 0.25) is 0 Å². The molecule has 0 aliphatic rings. The predicted molar refractivity (Wildman–Crippen MR) is 240 cm³/mol. The molecule has 0 saturated carbocycles. The van der Waals surface area contributed by atoms with Gasteiger partial charge in [-0.25, -0.2) is 10.9 Å². The van der Waals surface area contributed by atoms with Crippen molar-refractivity contribution in [3.63, 3.8) is 0 Å². The zero-order valence-electron chi connectivity index (χ0n) is 33.7. The second kappa shape index (κ2) is 18.8. The maximum Gasteiger partial charge on any atom is 0.269 e. The number of hydrazone groups is 2. The first-order valence-electron chi connectivity index (χ1n) is 18.8. The highest BCUT2D eigenvalue weighted by Crippen LogP contribution is 2.24. The van der Waals surface area contributed by atoms with Gasteiger partial charge in [0.1, 0.15) is 0 Å². The maximum absolute atomic E-state index is 11.1. The lowest BCUT2D eigenvalue weighted by atomic mass is 10.1. The SMILES string of the molecule is Cc1ccc(Nc2nc(N/N=C/c3ccc(/C=N/Nc4nc(Nc5ccc([N+](=O)[O-])cc5)nc(Nc5ccc(C)c(C)c5)n4)cc3)nc(Nc3ccc([N+](=O)[O-])cc3)n2)cc1C. The van der Waals surface area contributed by atoms with E-state index in [4.69, 9.17) is 0 Å². The molecule has 0 aliphatic heterocycles. The predicted octanol–water partition coefficient (Wildman–Crippen LogP) is 8.97. The van der Waals surface area contributed by atoms with Crippen molar-refractivity contribution in [2.45, 2.75) is 27.7 Å². The average Bonchev–Trinajstić information content (AvgIpc) is 3.24. The van der Waals surface area contributed by atoms with Crippen molar-refractivity contribution in [2.75, 3.05) is 32.1 Å². The molecule has 0 amide bonds. The van der Waals surface area contributed by atoms with E-state index < -0.39 is 9.85 Å². The normalized spacial score (nSPS) is 11.0. The summed E-state index contributed by atoms with van der Waals surface area (Å²) in [6.07, 6.45) is 3.19. The number of anilines is 10. The summed E-state index contributed by atoms with van der Waals surface area (Å²) in [6.45, 7) is 8.06. The summed E-state index contributed by atoms with van der Waals surface area (Å²) < 4.78 is 0. The quantitative estimate of drug-likeness (QED) is 0.0301. The molecule has 0 aliphatic carbocycles. The van der Waals surface area contributed by atoms with E-state index >= 15 is 0 Å². The van der Waals surface area contributed by atoms with Gasteiger partial charge in [-0.2, -0.15) is 40.1 Å². The molecule has 0 saturated heterocycles. The van der Waals surface area contributed by atoms with Gasteiger partial charge in [0.25, 0.3) is 11.4 Å². The number of aromatic nitrogens is 6. The minimum atomic E-state index is -0.472. The Kier molecular flexibility index (Phi) is 12.5. The molecule has 6 N–H and O–H groups in total. The summed E-state index contributed by atoms with van der Waals surface area (Å²) in [5.41, 5.74) is 14.2. The Balaban J connectivity index is 1.03. The maximum atomic E-state index is 11.1. The van der Waals surface area contributed by atoms with Crippen LogP contribution in [0.3, 0.4) is 0 Å². The summed E-state index contributed by atoms with van der Waals surface area (Å²) in [6, 6.07) is 30.9. The van der Waals surface area contributed by atoms with E-state index in [0.29, 0.717) is 11.4 Å². The van der Waals surface area contributed by atoms with Gasteiger partial charge in [-0.1, -0.05) is 36.4 Å². The number of hydrogen-bond acceptors (Lipinski definition) is 18. The van der Waals surface area contributed by atoms with Crippen molar-refractivity contribution in [1.29, 1.82) is 0 Å². The molecule has 62 heavy (non-hydrogen) atoms. The van der Waals surface area contributed by atoms with Crippen LogP contribution in [-0.4, -0.2) is 52.2 Å². The molecule has 0 atom stereocenters. The largest absolute Gasteiger partial charge is 0.324 e. The molecular formula is C42H38N16O4. The monoisotopic (exact) mass is 830 g/mol. The minimum Gasteiger partial charge on any atom is -0.324 e. The van der Waals surface area contributed by atoms with Gasteiger partial charge in [0, 0.05) is 47.0 Å². The van der Waals surface area contributed by atoms with E-state index in [2.05, 4.69) is 72.2 Å². The van der Waals surface area contributed by atoms with Crippen molar-refractivity contribution >= 4 is 82.2 Å². The molecule has 20 nitrogen and oxygen atoms in total. The third kappa shape index (κ3) is 11.2. The number of benzene rings is 5. The highest BCUT2D eigenvalue weighted by atomic mass is 16.6. The van der Waals surface area contributed by atoms with E-state index in [1.54, 1.807) is 36.7 Å². The molecule has 0 radical (unpaired) electrons. The molecule has 0 spiro atoms. The topological polar surface area (TPSA) is 261 Å². The summed E-state index contributed by atoms with van der Waals surface area (Å²) in [7, 11) is 0. The third-order valence-electron chi connectivity index (χ3n) is 9.16. The number of nitro groups is 2. The van der Waals surface area contributed by atoms with Crippen LogP contribution in [0.1, 0.15) is 33.4 Å². The first-order valence-corrected chi connectivity index (χ1v) is 18.8. The molecule has 2 aromatic heterocycles. The van der Waals surface area contributed by atoms with E-state index in [0.717, 1.165) is 44.8 Å². The Morgan fingerprint density at radius 3 is 1.05 bits per heavy atom. The van der Waals surface area contributed by atoms with Crippen LogP contribution >= 0.6 is 0 Å². The standard InChI is InChI=1S/C42H38N16O4/c1-25-5-11-33(21-27(25)3)47-39-49-37(45-31-13-17-35(18-14-31)57(59)60)51-41(53-39)55-43-23-29-7-9-30(10-8-29)24-44-56-42-52-38(46-32-15-19-36(20-16-32)58(61)62)50-40(54-42)48-34-12-6-26(2)28(4)22-34/h5-24H,1-4H3,(H3,45,47,49,51,53,55)(H3,46,48,50,52,54,56)/b43-23+,44-24+. The zero-order chi connectivity index (χ0) is 43.6. The molecule has 5 aromatic carbocycles. The van der Waals surface area contributed by atoms with Crippen LogP contribution < -0.4 is 32.1 Å². The van der Waals surface area contributed by atoms with Crippen molar-refractivity contribution in [2.24, 2.45) is 10.2 Å². The van der Waals surface area contributed by atoms with Gasteiger partial charge in [0.05, 0.1) is 22.3 Å². The Hall–Kier alpha value is -8.94. The van der Waals surface area contributed by atoms with Crippen LogP contribution in [0.5, 0.6) is 0 Å². The Bertz CT molecular complexity index is 2610. The van der Waals surface area contributed by atoms with E-state index in [9.17, 15) is 20.2 Å². The Morgan fingerprint density at radius 1 is 0.419 bits per heavy atom. The van der Waals surface area contributed by atoms with Crippen LogP contribution in [0, 0.1) is 47.9 Å². The average molecular weight is 831 g/mol. The van der Waals surface area contributed by atoms with Crippen molar-refractivity contribution in [3.05, 3.63) is 163 Å². The Morgan fingerprint density at radius 2 is 0.726 bits per heavy atom. The van der Waals surface area contributed by atoms with Crippen molar-refractivity contribution in [1.82, 2.24) is 29.9 Å². The number of rotatable bonds is 16. The molecule has 2 heterocycles. The van der Waals surface area contributed by atoms with Gasteiger partial charge >= 0.3 is 0 Å². The number of non-ortho nitro benzene ring substituents is 2. The first kappa shape index (κ1) is 41.2. The fourth-order valence-corrected chi connectivity index (χ4v) is 5.56. The third-order valence-corrected chi connectivity index (χ3v) is 9.16. The number of aryl methyl sites for hydroxylation is 4. The molecular weight excluding hydrogens is 793 g/mol. The number of nitrogens with one attached hydrogen (secondary N) is 6. The van der Waals surface area contributed by atoms with Crippen LogP contribution in [0.15, 0.2) is 119 Å². The van der Waals surface area contributed by atoms with Gasteiger partial charge < -0.3 is 21.3 Å². The lowest BCUT2D eigenvalue weighted by Gasteiger charge is -2.11. The lowest BCUT2D eigenvalue weighted by Crippen LogP contribution is -2.07. The fourth-order valence-electron chi connectivity index (χ4n) is 5.56. The molecule has 310 valence electrons. The highest BCUT2D eigenvalue weighted by Gasteiger charge is 2.12. The summed E-state index contributed by atoms with van der Waals surface area (Å²) >= 11 is 0. The molecule has 7 rings (SSSR count). The van der Waals surface area contributed by atoms with Crippen LogP contribution in [0.4, 0.5) is 69.8 Å². The van der Waals surface area contributed by atoms with Gasteiger partial charge in [0.2, 0.25) is 35.7 Å². The molecule has 7 aromatic rings. The van der Waals surface area contributed by atoms with Gasteiger partial charge in [-0.05, 0) is 110 Å². The Labute approximate surface area is 354 Å². The first-order chi connectivity index (χ1) is 29.9. The lowest BCUT2D eigenvalue weighted by molar-refractivity contribution is -0.385. The fraction of sp³-hybridized carbons (Fsp3) is 0.0952. The van der Waals surface area contributed by atoms with Gasteiger partial charge in [-0.15, -0.1) is 0 Å². The summed E-state index contributed by atoms with van der Waals surface area (Å²) in [5.74, 6) is 1.12. The van der Waals surface area contributed by atoms with Crippen LogP contribution in [-0.2, 0) is 0 Å². The van der Waals surface area contributed by atoms with E-state index in [1.165, 1.54) is 24.3 Å². The molecule has 0 bridgehead atoms. The summed E-state index contributed by atoms with van der Waals surface area (Å²) in [5, 5.41) is 43.4. The summed E-state index contributed by atoms with van der Waals surface area (Å²) in [4.78, 5) is 48.1. The molecule has 20 heteroatoms. The second-order valence-electron chi connectivity index (χ2n) is 13.7. The zero-order valence-corrected chi connectivity index (χ0v) is 33.7. The van der Waals surface area contributed by atoms with E-state index in [1.807, 2.05) is 88.4 Å². The smallest absolute Gasteiger partial charge is 0.269 e. The minimum absolute atomic E-state index is 0.0426. The number of nitrogens with zero attached hydrogens (tertiary/aromatic N) is 10.